The number of azide groups is 2. The maximum absolute atomic E-state index is 15.2. The molecule has 4 unspecified atom stereocenters. The summed E-state index contributed by atoms with van der Waals surface area (Å²) in [5.74, 6) is -2.86. The second kappa shape index (κ2) is 46.5. The summed E-state index contributed by atoms with van der Waals surface area (Å²) in [6.45, 7) is 49.2. The number of nitro groups is 1. The summed E-state index contributed by atoms with van der Waals surface area (Å²) in [6, 6.07) is 14.0. The van der Waals surface area contributed by atoms with Crippen LogP contribution in [0.25, 0.3) is 33.0 Å². The molecule has 0 bridgehead atoms. The molecule has 5 rings (SSSR count). The number of rotatable bonds is 29. The number of aliphatic hydroxyl groups is 1. The number of nitro benzene ring substituents is 1. The predicted molar refractivity (Wildman–Crippen MR) is 464 cm³/mol. The summed E-state index contributed by atoms with van der Waals surface area (Å²) in [7, 11) is -9.05. The third-order valence-corrected chi connectivity index (χ3v) is 45.6. The zero-order chi connectivity index (χ0) is 85.0. The summed E-state index contributed by atoms with van der Waals surface area (Å²) in [4.78, 5) is 98.6. The molecule has 634 valence electrons. The number of Topliss-reactive ketones (excluding diaryl/α,β-unsaturated/α-hetero) is 2. The van der Waals surface area contributed by atoms with Crippen molar-refractivity contribution in [3.8, 4) is 0 Å². The molecule has 2 aliphatic rings. The Hall–Kier alpha value is -5.60. The van der Waals surface area contributed by atoms with E-state index in [0.29, 0.717) is 37.0 Å². The third-order valence-electron chi connectivity index (χ3n) is 25.5. The second-order valence-electron chi connectivity index (χ2n) is 33.0. The molecular formula is C83H139N9O15S2Si4. The van der Waals surface area contributed by atoms with Gasteiger partial charge >= 0.3 is 17.9 Å². The number of aromatic nitrogens is 2. The number of aryl methyl sites for hydroxylation is 2. The van der Waals surface area contributed by atoms with Gasteiger partial charge in [0.15, 0.2) is 33.3 Å². The highest BCUT2D eigenvalue weighted by Crippen LogP contribution is 2.44. The smallest absolute Gasteiger partial charge is 0.338 e. The number of thiazole rings is 2. The lowest BCUT2D eigenvalue weighted by molar-refractivity contribution is -0.384. The molecule has 0 amide bonds. The minimum absolute atomic E-state index is 0.0264. The lowest BCUT2D eigenvalue weighted by atomic mass is 9.73. The van der Waals surface area contributed by atoms with E-state index in [9.17, 15) is 45.5 Å². The molecule has 1 aromatic carbocycles. The fourth-order valence-corrected chi connectivity index (χ4v) is 29.5. The zero-order valence-electron chi connectivity index (χ0n) is 72.8. The molecule has 0 saturated carbocycles. The van der Waals surface area contributed by atoms with Gasteiger partial charge in [-0.3, -0.25) is 29.3 Å². The predicted octanol–water partition coefficient (Wildman–Crippen LogP) is 22.6. The summed E-state index contributed by atoms with van der Waals surface area (Å²) in [5, 5.41) is 36.5. The molecule has 24 nitrogen and oxygen atoms in total. The van der Waals surface area contributed by atoms with Crippen molar-refractivity contribution in [3.05, 3.63) is 104 Å². The van der Waals surface area contributed by atoms with Gasteiger partial charge in [-0.05, 0) is 197 Å². The largest absolute Gasteiger partial charge is 0.458 e. The van der Waals surface area contributed by atoms with E-state index in [0.717, 1.165) is 100 Å². The quantitative estimate of drug-likeness (QED) is 0.00986. The van der Waals surface area contributed by atoms with Gasteiger partial charge < -0.3 is 37.0 Å². The van der Waals surface area contributed by atoms with Gasteiger partial charge in [0.1, 0.15) is 29.9 Å². The van der Waals surface area contributed by atoms with Gasteiger partial charge in [-0.15, -0.1) is 22.7 Å². The molecule has 2 aliphatic heterocycles. The van der Waals surface area contributed by atoms with Gasteiger partial charge in [0.05, 0.1) is 87.3 Å². The maximum atomic E-state index is 15.2. The molecule has 1 N–H and O–H groups in total. The first-order valence-corrected chi connectivity index (χ1v) is 53.8. The standard InChI is InChI=1S/C45H71N5O9SSi2.C38H68N4O6SSi2/c1-13-61(14-2,15-3)58-40-28-41(51)56-39(31(8)26-35-29-60-33(10)47-35)27-37(48-49-46)38(57-44(53)34-22-24-36(25-23-34)50(54)55)21-19-20-30(7)42(32(9)43(52)45(40,11)12)59-62(16-4,17-5)18-6;1-13-50(14-2,15-3)47-34-24-35(44)46-33(27(8)22-30-25-49-29(10)40-30)23-31(41-42-39)32(43)21-19-20-26(7)36(28(9)37(45)38(34,11)12)48-51(16-4,17-5)18-6/h22-26,29-30,32,37-40,42H,13-21,27-28H2,1-12H3;22,25-26,28,31-34,36,43H,13-21,23-24H2,1-12H3/b31-26+;27-22+/t30?,32-,37+,38+,39?,40+,42+;26?,28-,31+,32+,33?,34+,36+/m11/s1. The van der Waals surface area contributed by atoms with Gasteiger partial charge in [-0.25, -0.2) is 14.8 Å². The highest BCUT2D eigenvalue weighted by Gasteiger charge is 2.51. The van der Waals surface area contributed by atoms with E-state index in [1.807, 2.05) is 92.1 Å². The van der Waals surface area contributed by atoms with Gasteiger partial charge in [0.2, 0.25) is 0 Å². The number of ketones is 2. The number of hydrogen-bond donors (Lipinski definition) is 1. The van der Waals surface area contributed by atoms with Crippen LogP contribution in [-0.2, 0) is 51.1 Å². The van der Waals surface area contributed by atoms with E-state index in [-0.39, 0.29) is 72.9 Å². The van der Waals surface area contributed by atoms with Crippen LogP contribution in [0.1, 0.15) is 248 Å². The summed E-state index contributed by atoms with van der Waals surface area (Å²) < 4.78 is 47.4. The van der Waals surface area contributed by atoms with Crippen molar-refractivity contribution in [1.29, 1.82) is 0 Å². The Balaban J connectivity index is 0.000000486. The summed E-state index contributed by atoms with van der Waals surface area (Å²) >= 11 is 3.01. The van der Waals surface area contributed by atoms with Gasteiger partial charge in [-0.2, -0.15) is 0 Å². The Bertz CT molecular complexity index is 3660. The van der Waals surface area contributed by atoms with Crippen LogP contribution in [0.5, 0.6) is 0 Å². The number of carbonyl (C=O) groups is 5. The van der Waals surface area contributed by atoms with E-state index >= 15 is 4.79 Å². The van der Waals surface area contributed by atoms with E-state index in [2.05, 4.69) is 127 Å². The minimum Gasteiger partial charge on any atom is -0.458 e. The number of esters is 3. The number of cyclic esters (lactones) is 2. The first kappa shape index (κ1) is 99.8. The van der Waals surface area contributed by atoms with Gasteiger partial charge in [0.25, 0.3) is 5.69 Å². The molecule has 2 fully saturated rings. The van der Waals surface area contributed by atoms with Crippen LogP contribution in [0.4, 0.5) is 5.69 Å². The molecule has 14 atom stereocenters. The zero-order valence-corrected chi connectivity index (χ0v) is 78.4. The summed E-state index contributed by atoms with van der Waals surface area (Å²) in [6.07, 6.45) is 0.802. The number of carbonyl (C=O) groups excluding carboxylic acids is 5. The van der Waals surface area contributed by atoms with Crippen LogP contribution in [0.15, 0.2) is 56.4 Å². The molecular weight excluding hydrogens is 1540 g/mol. The van der Waals surface area contributed by atoms with E-state index in [1.54, 1.807) is 0 Å². The molecule has 0 aliphatic carbocycles. The van der Waals surface area contributed by atoms with E-state index < -0.39 is 134 Å². The molecule has 113 heavy (non-hydrogen) atoms. The first-order valence-electron chi connectivity index (χ1n) is 41.9. The topological polar surface area (TPSA) is 337 Å². The number of hydrogen-bond acceptors (Lipinski definition) is 21. The minimum atomic E-state index is -2.39. The molecule has 0 spiro atoms. The average Bonchev–Trinajstić information content (AvgIpc) is 1.38. The highest BCUT2D eigenvalue weighted by molar-refractivity contribution is 7.10. The first-order chi connectivity index (χ1) is 53.3. The molecule has 30 heteroatoms. The van der Waals surface area contributed by atoms with Crippen molar-refractivity contribution in [3.63, 3.8) is 0 Å². The summed E-state index contributed by atoms with van der Waals surface area (Å²) in [5.41, 5.74) is 20.1. The van der Waals surface area contributed by atoms with Gasteiger partial charge in [-0.1, -0.05) is 155 Å². The van der Waals surface area contributed by atoms with Crippen LogP contribution in [-0.4, -0.2) is 144 Å². The molecule has 3 aromatic rings. The Morgan fingerprint density at radius 3 is 1.27 bits per heavy atom. The second-order valence-corrected chi connectivity index (χ2v) is 54.0. The lowest BCUT2D eigenvalue weighted by Gasteiger charge is -2.44. The van der Waals surface area contributed by atoms with Crippen LogP contribution in [0.2, 0.25) is 72.5 Å². The van der Waals surface area contributed by atoms with Crippen molar-refractivity contribution in [1.82, 2.24) is 9.97 Å². The number of nitrogens with zero attached hydrogens (tertiary/aromatic N) is 9. The fourth-order valence-electron chi connectivity index (χ4n) is 16.4. The van der Waals surface area contributed by atoms with Crippen molar-refractivity contribution in [2.24, 2.45) is 44.7 Å². The highest BCUT2D eigenvalue weighted by atomic mass is 32.1. The monoisotopic (exact) mass is 1680 g/mol. The van der Waals surface area contributed by atoms with Crippen molar-refractivity contribution in [2.75, 3.05) is 0 Å². The lowest BCUT2D eigenvalue weighted by Crippen LogP contribution is -2.53. The van der Waals surface area contributed by atoms with Gasteiger partial charge in [0, 0.05) is 61.8 Å². The van der Waals surface area contributed by atoms with Crippen LogP contribution in [0, 0.1) is 58.5 Å². The van der Waals surface area contributed by atoms with Crippen LogP contribution >= 0.6 is 22.7 Å². The molecule has 4 heterocycles. The average molecular weight is 1680 g/mol. The fraction of sp³-hybridized carbons (Fsp3) is 0.747. The number of ether oxygens (including phenoxy) is 3. The molecule has 0 radical (unpaired) electrons. The normalized spacial score (nSPS) is 26.2. The van der Waals surface area contributed by atoms with Crippen molar-refractivity contribution < 1.29 is 65.9 Å². The SMILES string of the molecule is CC[Si](CC)(CC)O[C@H]1CC(=O)OC(/C(C)=C/c2csc(C)n2)C[C@H](N=[N+]=[N-])[C@@H](O)CCCC(C)[C@H](O[Si](CC)(CC)CC)[C@@H](C)C(=O)C1(C)C.CC[Si](CC)(CC)O[C@H]1CC(=O)OC(/C(C)=C/c2csc(C)n2)C[C@H](N=[N+]=[N-])[C@@H](OC(=O)c2ccc([N+](=O)[O-])cc2)CCCC(C)[C@H](O[Si](CC)(CC)CC)[C@@H](C)C(=O)C1(C)C. The number of non-ortho nitro benzene ring substituents is 1. The maximum Gasteiger partial charge on any atom is 0.338 e. The molecule has 2 saturated heterocycles. The molecule has 2 aromatic heterocycles. The third kappa shape index (κ3) is 27.8. The van der Waals surface area contributed by atoms with E-state index in [4.69, 9.17) is 31.9 Å². The van der Waals surface area contributed by atoms with Crippen molar-refractivity contribution >= 4 is 103 Å². The van der Waals surface area contributed by atoms with Crippen LogP contribution < -0.4 is 0 Å². The van der Waals surface area contributed by atoms with E-state index in [1.165, 1.54) is 46.9 Å². The Morgan fingerprint density at radius 2 is 0.929 bits per heavy atom. The Labute approximate surface area is 687 Å². The number of aliphatic hydroxyl groups excluding tert-OH is 1. The van der Waals surface area contributed by atoms with Crippen LogP contribution in [0.3, 0.4) is 0 Å². The number of benzene rings is 1. The van der Waals surface area contributed by atoms with Crippen molar-refractivity contribution in [2.45, 2.75) is 364 Å². The Kier molecular flexibility index (Phi) is 41.1. The Morgan fingerprint density at radius 1 is 0.584 bits per heavy atom.